The molecule has 1 fully saturated rings. The van der Waals surface area contributed by atoms with Gasteiger partial charge in [-0.2, -0.15) is 0 Å². The topological polar surface area (TPSA) is 40.6 Å². The maximum Gasteiger partial charge on any atom is 0.256 e. The van der Waals surface area contributed by atoms with Gasteiger partial charge in [-0.05, 0) is 18.2 Å². The van der Waals surface area contributed by atoms with Crippen molar-refractivity contribution in [2.75, 3.05) is 26.2 Å². The highest BCUT2D eigenvalue weighted by atomic mass is 79.9. The summed E-state index contributed by atoms with van der Waals surface area (Å²) in [6.45, 7) is 3.71. The molecule has 0 atom stereocenters. The molecule has 0 unspecified atom stereocenters. The van der Waals surface area contributed by atoms with Crippen molar-refractivity contribution in [2.45, 2.75) is 13.3 Å². The normalized spacial score (nSPS) is 15.3. The maximum absolute atomic E-state index is 13.7. The molecule has 0 radical (unpaired) electrons. The van der Waals surface area contributed by atoms with E-state index in [1.54, 1.807) is 15.9 Å². The van der Waals surface area contributed by atoms with Gasteiger partial charge in [-0.15, -0.1) is 0 Å². The quantitative estimate of drug-likeness (QED) is 0.827. The first-order valence-corrected chi connectivity index (χ1v) is 7.34. The Morgan fingerprint density at radius 3 is 2.40 bits per heavy atom. The number of hydrogen-bond donors (Lipinski definition) is 0. The van der Waals surface area contributed by atoms with Crippen molar-refractivity contribution < 1.29 is 14.0 Å². The molecule has 1 aromatic carbocycles. The summed E-state index contributed by atoms with van der Waals surface area (Å²) < 4.78 is 14.4. The van der Waals surface area contributed by atoms with Gasteiger partial charge in [0.1, 0.15) is 5.82 Å². The van der Waals surface area contributed by atoms with Gasteiger partial charge < -0.3 is 9.80 Å². The lowest BCUT2D eigenvalue weighted by Gasteiger charge is -2.34. The maximum atomic E-state index is 13.7. The van der Waals surface area contributed by atoms with Crippen molar-refractivity contribution in [2.24, 2.45) is 0 Å². The second-order valence-electron chi connectivity index (χ2n) is 4.65. The van der Waals surface area contributed by atoms with Crippen molar-refractivity contribution in [3.63, 3.8) is 0 Å². The lowest BCUT2D eigenvalue weighted by molar-refractivity contribution is -0.132. The number of halogens is 2. The fourth-order valence-electron chi connectivity index (χ4n) is 2.21. The van der Waals surface area contributed by atoms with Gasteiger partial charge in [-0.1, -0.05) is 22.9 Å². The Kier molecular flexibility index (Phi) is 4.75. The van der Waals surface area contributed by atoms with Gasteiger partial charge in [0.05, 0.1) is 5.56 Å². The van der Waals surface area contributed by atoms with Crippen molar-refractivity contribution >= 4 is 27.7 Å². The van der Waals surface area contributed by atoms with Gasteiger partial charge in [0.2, 0.25) is 5.91 Å². The first-order valence-electron chi connectivity index (χ1n) is 6.55. The van der Waals surface area contributed by atoms with Crippen LogP contribution in [0.1, 0.15) is 23.7 Å². The number of amides is 2. The zero-order valence-corrected chi connectivity index (χ0v) is 12.8. The van der Waals surface area contributed by atoms with Gasteiger partial charge in [0.25, 0.3) is 5.91 Å². The summed E-state index contributed by atoms with van der Waals surface area (Å²) in [5, 5.41) is 0. The minimum atomic E-state index is -0.523. The third-order valence-corrected chi connectivity index (χ3v) is 3.87. The molecule has 1 aliphatic heterocycles. The smallest absolute Gasteiger partial charge is 0.256 e. The van der Waals surface area contributed by atoms with E-state index in [1.807, 2.05) is 6.92 Å². The molecular formula is C14H16BrFN2O2. The Morgan fingerprint density at radius 1 is 1.20 bits per heavy atom. The second kappa shape index (κ2) is 6.35. The average molecular weight is 343 g/mol. The van der Waals surface area contributed by atoms with Crippen LogP contribution in [0.3, 0.4) is 0 Å². The summed E-state index contributed by atoms with van der Waals surface area (Å²) in [6.07, 6.45) is 0.466. The van der Waals surface area contributed by atoms with Gasteiger partial charge in [0, 0.05) is 37.1 Å². The summed E-state index contributed by atoms with van der Waals surface area (Å²) in [7, 11) is 0. The van der Waals surface area contributed by atoms with Crippen LogP contribution in [-0.4, -0.2) is 47.8 Å². The van der Waals surface area contributed by atoms with Gasteiger partial charge in [-0.25, -0.2) is 4.39 Å². The lowest BCUT2D eigenvalue weighted by atomic mass is 10.1. The van der Waals surface area contributed by atoms with Crippen molar-refractivity contribution in [1.29, 1.82) is 0 Å². The van der Waals surface area contributed by atoms with Crippen molar-refractivity contribution in [3.8, 4) is 0 Å². The highest BCUT2D eigenvalue weighted by Crippen LogP contribution is 2.18. The largest absolute Gasteiger partial charge is 0.339 e. The minimum absolute atomic E-state index is 0.0645. The number of carbonyl (C=O) groups is 2. The van der Waals surface area contributed by atoms with Crippen LogP contribution in [0.2, 0.25) is 0 Å². The molecule has 0 N–H and O–H groups in total. The second-order valence-corrected chi connectivity index (χ2v) is 5.57. The fourth-order valence-corrected chi connectivity index (χ4v) is 2.58. The van der Waals surface area contributed by atoms with Crippen LogP contribution in [0.25, 0.3) is 0 Å². The third kappa shape index (κ3) is 3.17. The molecule has 1 saturated heterocycles. The minimum Gasteiger partial charge on any atom is -0.339 e. The fraction of sp³-hybridized carbons (Fsp3) is 0.429. The molecule has 0 aliphatic carbocycles. The molecule has 20 heavy (non-hydrogen) atoms. The van der Waals surface area contributed by atoms with E-state index in [-0.39, 0.29) is 17.4 Å². The van der Waals surface area contributed by atoms with E-state index in [1.165, 1.54) is 12.1 Å². The Labute approximate surface area is 125 Å². The first-order chi connectivity index (χ1) is 9.52. The lowest BCUT2D eigenvalue weighted by Crippen LogP contribution is -2.50. The summed E-state index contributed by atoms with van der Waals surface area (Å²) >= 11 is 3.24. The molecule has 0 spiro atoms. The van der Waals surface area contributed by atoms with E-state index in [4.69, 9.17) is 0 Å². The summed E-state index contributed by atoms with van der Waals surface area (Å²) in [6, 6.07) is 4.32. The first kappa shape index (κ1) is 15.0. The number of nitrogens with zero attached hydrogens (tertiary/aromatic N) is 2. The molecule has 0 aromatic heterocycles. The standard InChI is InChI=1S/C14H16BrFN2O2/c1-2-13(19)17-5-7-18(8-6-17)14(20)11-9-10(15)3-4-12(11)16/h3-4,9H,2,5-8H2,1H3. The molecule has 1 aliphatic rings. The zero-order valence-electron chi connectivity index (χ0n) is 11.2. The molecule has 1 aromatic rings. The van der Waals surface area contributed by atoms with Crippen molar-refractivity contribution in [3.05, 3.63) is 34.1 Å². The van der Waals surface area contributed by atoms with Crippen LogP contribution in [0, 0.1) is 5.82 Å². The average Bonchev–Trinajstić information content (AvgIpc) is 2.48. The van der Waals surface area contributed by atoms with Crippen LogP contribution in [0.5, 0.6) is 0 Å². The molecule has 6 heteroatoms. The van der Waals surface area contributed by atoms with E-state index in [0.29, 0.717) is 37.1 Å². The van der Waals surface area contributed by atoms with Crippen LogP contribution < -0.4 is 0 Å². The van der Waals surface area contributed by atoms with Crippen LogP contribution in [-0.2, 0) is 4.79 Å². The number of piperazine rings is 1. The highest BCUT2D eigenvalue weighted by molar-refractivity contribution is 9.10. The molecule has 1 heterocycles. The highest BCUT2D eigenvalue weighted by Gasteiger charge is 2.25. The molecule has 0 bridgehead atoms. The molecule has 108 valence electrons. The van der Waals surface area contributed by atoms with E-state index in [9.17, 15) is 14.0 Å². The summed E-state index contributed by atoms with van der Waals surface area (Å²) in [5.41, 5.74) is 0.0645. The number of hydrogen-bond acceptors (Lipinski definition) is 2. The Bertz CT molecular complexity index is 528. The molecule has 0 saturated carbocycles. The predicted octanol–water partition coefficient (Wildman–Crippen LogP) is 2.28. The van der Waals surface area contributed by atoms with E-state index < -0.39 is 5.82 Å². The molecule has 4 nitrogen and oxygen atoms in total. The van der Waals surface area contributed by atoms with E-state index >= 15 is 0 Å². The van der Waals surface area contributed by atoms with Crippen LogP contribution >= 0.6 is 15.9 Å². The molecule has 2 rings (SSSR count). The monoisotopic (exact) mass is 342 g/mol. The van der Waals surface area contributed by atoms with Crippen LogP contribution in [0.15, 0.2) is 22.7 Å². The Balaban J connectivity index is 2.05. The van der Waals surface area contributed by atoms with Crippen LogP contribution in [0.4, 0.5) is 4.39 Å². The van der Waals surface area contributed by atoms with E-state index in [0.717, 1.165) is 0 Å². The Morgan fingerprint density at radius 2 is 1.80 bits per heavy atom. The van der Waals surface area contributed by atoms with Gasteiger partial charge in [0.15, 0.2) is 0 Å². The zero-order chi connectivity index (χ0) is 14.7. The predicted molar refractivity (Wildman–Crippen MR) is 76.9 cm³/mol. The van der Waals surface area contributed by atoms with Gasteiger partial charge in [-0.3, -0.25) is 9.59 Å². The van der Waals surface area contributed by atoms with Crippen molar-refractivity contribution in [1.82, 2.24) is 9.80 Å². The third-order valence-electron chi connectivity index (χ3n) is 3.38. The molecular weight excluding hydrogens is 327 g/mol. The van der Waals surface area contributed by atoms with Gasteiger partial charge >= 0.3 is 0 Å². The number of rotatable bonds is 2. The number of benzene rings is 1. The Hall–Kier alpha value is -1.43. The summed E-state index contributed by atoms with van der Waals surface area (Å²) in [5.74, 6) is -0.761. The summed E-state index contributed by atoms with van der Waals surface area (Å²) in [4.78, 5) is 27.2. The number of carbonyl (C=O) groups excluding carboxylic acids is 2. The molecule has 2 amide bonds. The van der Waals surface area contributed by atoms with E-state index in [2.05, 4.69) is 15.9 Å². The SMILES string of the molecule is CCC(=O)N1CCN(C(=O)c2cc(Br)ccc2F)CC1.